The van der Waals surface area contributed by atoms with Gasteiger partial charge in [0.1, 0.15) is 6.33 Å². The zero-order valence-corrected chi connectivity index (χ0v) is 10.5. The van der Waals surface area contributed by atoms with Gasteiger partial charge < -0.3 is 5.11 Å². The van der Waals surface area contributed by atoms with Crippen molar-refractivity contribution in [2.45, 2.75) is 26.3 Å². The molecule has 0 bridgehead atoms. The molecule has 2 aromatic heterocycles. The van der Waals surface area contributed by atoms with Crippen molar-refractivity contribution in [1.82, 2.24) is 30.2 Å². The molecule has 1 N–H and O–H groups in total. The van der Waals surface area contributed by atoms with Gasteiger partial charge in [0.25, 0.3) is 0 Å². The van der Waals surface area contributed by atoms with Crippen LogP contribution in [0.3, 0.4) is 0 Å². The molecule has 0 aromatic carbocycles. The van der Waals surface area contributed by atoms with Crippen molar-refractivity contribution in [3.05, 3.63) is 18.7 Å². The van der Waals surface area contributed by atoms with E-state index in [4.69, 9.17) is 5.11 Å². The minimum absolute atomic E-state index is 0.00983. The molecular weight excluding hydrogens is 248 g/mol. The largest absolute Gasteiger partial charge is 0.481 e. The standard InChI is InChI=1S/C11H14N6O2/c1-2-8(3-10(18)19)6-17-11(14-15-16-17)9-4-12-7-13-5-9/h4-5,7-8H,2-3,6H2,1H3,(H,18,19). The second kappa shape index (κ2) is 5.98. The molecule has 0 saturated carbocycles. The number of hydrogen-bond acceptors (Lipinski definition) is 6. The third-order valence-corrected chi connectivity index (χ3v) is 2.82. The smallest absolute Gasteiger partial charge is 0.303 e. The van der Waals surface area contributed by atoms with E-state index >= 15 is 0 Å². The Kier molecular flexibility index (Phi) is 4.11. The van der Waals surface area contributed by atoms with E-state index in [1.165, 1.54) is 6.33 Å². The number of carboxylic acid groups (broad SMARTS) is 1. The average Bonchev–Trinajstić information content (AvgIpc) is 2.86. The SMILES string of the molecule is CCC(CC(=O)O)Cn1nnnc1-c1cncnc1. The topological polar surface area (TPSA) is 107 Å². The fourth-order valence-corrected chi connectivity index (χ4v) is 1.78. The van der Waals surface area contributed by atoms with Crippen LogP contribution in [0.2, 0.25) is 0 Å². The second-order valence-electron chi connectivity index (χ2n) is 4.18. The minimum Gasteiger partial charge on any atom is -0.481 e. The van der Waals surface area contributed by atoms with Gasteiger partial charge in [0.15, 0.2) is 5.82 Å². The Morgan fingerprint density at radius 2 is 2.16 bits per heavy atom. The van der Waals surface area contributed by atoms with Gasteiger partial charge in [0.2, 0.25) is 0 Å². The van der Waals surface area contributed by atoms with E-state index in [0.717, 1.165) is 6.42 Å². The predicted molar refractivity (Wildman–Crippen MR) is 64.9 cm³/mol. The molecule has 2 heterocycles. The first-order valence-corrected chi connectivity index (χ1v) is 5.94. The summed E-state index contributed by atoms with van der Waals surface area (Å²) in [4.78, 5) is 18.6. The van der Waals surface area contributed by atoms with Crippen LogP contribution in [0.4, 0.5) is 0 Å². The van der Waals surface area contributed by atoms with Crippen molar-refractivity contribution in [2.24, 2.45) is 5.92 Å². The molecule has 0 fully saturated rings. The van der Waals surface area contributed by atoms with Crippen molar-refractivity contribution in [1.29, 1.82) is 0 Å². The lowest BCUT2D eigenvalue weighted by atomic mass is 10.0. The highest BCUT2D eigenvalue weighted by Crippen LogP contribution is 2.17. The molecule has 1 atom stereocenters. The quantitative estimate of drug-likeness (QED) is 0.813. The fourth-order valence-electron chi connectivity index (χ4n) is 1.78. The first-order chi connectivity index (χ1) is 9.20. The molecule has 0 radical (unpaired) electrons. The van der Waals surface area contributed by atoms with E-state index in [1.807, 2.05) is 6.92 Å². The van der Waals surface area contributed by atoms with Gasteiger partial charge in [-0.25, -0.2) is 14.6 Å². The van der Waals surface area contributed by atoms with Gasteiger partial charge in [-0.3, -0.25) is 4.79 Å². The summed E-state index contributed by atoms with van der Waals surface area (Å²) in [6.45, 7) is 2.41. The van der Waals surface area contributed by atoms with Crippen molar-refractivity contribution in [3.63, 3.8) is 0 Å². The Balaban J connectivity index is 2.18. The molecule has 0 saturated heterocycles. The maximum Gasteiger partial charge on any atom is 0.303 e. The van der Waals surface area contributed by atoms with Crippen molar-refractivity contribution < 1.29 is 9.90 Å². The number of rotatable bonds is 6. The van der Waals surface area contributed by atoms with E-state index in [2.05, 4.69) is 25.5 Å². The molecule has 8 nitrogen and oxygen atoms in total. The molecule has 8 heteroatoms. The molecule has 1 unspecified atom stereocenters. The van der Waals surface area contributed by atoms with E-state index < -0.39 is 5.97 Å². The number of carbonyl (C=O) groups is 1. The molecule has 0 spiro atoms. The lowest BCUT2D eigenvalue weighted by Crippen LogP contribution is -2.16. The van der Waals surface area contributed by atoms with Gasteiger partial charge in [-0.05, 0) is 16.3 Å². The molecule has 2 rings (SSSR count). The third-order valence-electron chi connectivity index (χ3n) is 2.82. The van der Waals surface area contributed by atoms with Crippen LogP contribution < -0.4 is 0 Å². The third kappa shape index (κ3) is 3.30. The minimum atomic E-state index is -0.815. The lowest BCUT2D eigenvalue weighted by molar-refractivity contribution is -0.138. The summed E-state index contributed by atoms with van der Waals surface area (Å²) in [6, 6.07) is 0. The Morgan fingerprint density at radius 1 is 1.42 bits per heavy atom. The van der Waals surface area contributed by atoms with Crippen LogP contribution in [0.25, 0.3) is 11.4 Å². The van der Waals surface area contributed by atoms with E-state index in [1.54, 1.807) is 17.1 Å². The Hall–Kier alpha value is -2.38. The summed E-state index contributed by atoms with van der Waals surface area (Å²) in [6.07, 6.45) is 5.51. The highest BCUT2D eigenvalue weighted by molar-refractivity contribution is 5.67. The van der Waals surface area contributed by atoms with Crippen LogP contribution in [0, 0.1) is 5.92 Å². The molecule has 0 aliphatic rings. The summed E-state index contributed by atoms with van der Waals surface area (Å²) in [5, 5.41) is 20.3. The number of tetrazole rings is 1. The zero-order chi connectivity index (χ0) is 13.7. The number of aliphatic carboxylic acids is 1. The molecular formula is C11H14N6O2. The van der Waals surface area contributed by atoms with Crippen LogP contribution in [-0.2, 0) is 11.3 Å². The first kappa shape index (κ1) is 13.1. The summed E-state index contributed by atoms with van der Waals surface area (Å²) in [5.74, 6) is -0.279. The van der Waals surface area contributed by atoms with Crippen LogP contribution in [0.1, 0.15) is 19.8 Å². The predicted octanol–water partition coefficient (Wildman–Crippen LogP) is 0.631. The Labute approximate surface area is 109 Å². The van der Waals surface area contributed by atoms with Crippen LogP contribution in [0.5, 0.6) is 0 Å². The van der Waals surface area contributed by atoms with Gasteiger partial charge in [-0.15, -0.1) is 5.10 Å². The lowest BCUT2D eigenvalue weighted by Gasteiger charge is -2.12. The maximum atomic E-state index is 10.8. The van der Waals surface area contributed by atoms with E-state index in [0.29, 0.717) is 17.9 Å². The number of carboxylic acids is 1. The van der Waals surface area contributed by atoms with Crippen molar-refractivity contribution >= 4 is 5.97 Å². The van der Waals surface area contributed by atoms with E-state index in [9.17, 15) is 4.79 Å². The van der Waals surface area contributed by atoms with Gasteiger partial charge in [0, 0.05) is 25.4 Å². The summed E-state index contributed by atoms with van der Waals surface area (Å²) in [5.41, 5.74) is 0.706. The Morgan fingerprint density at radius 3 is 2.79 bits per heavy atom. The van der Waals surface area contributed by atoms with Crippen molar-refractivity contribution in [3.8, 4) is 11.4 Å². The normalized spacial score (nSPS) is 12.3. The van der Waals surface area contributed by atoms with E-state index in [-0.39, 0.29) is 12.3 Å². The molecule has 2 aromatic rings. The van der Waals surface area contributed by atoms with Gasteiger partial charge in [-0.2, -0.15) is 0 Å². The van der Waals surface area contributed by atoms with Gasteiger partial charge >= 0.3 is 5.97 Å². The summed E-state index contributed by atoms with van der Waals surface area (Å²) >= 11 is 0. The second-order valence-corrected chi connectivity index (χ2v) is 4.18. The highest BCUT2D eigenvalue weighted by atomic mass is 16.4. The molecule has 100 valence electrons. The molecule has 19 heavy (non-hydrogen) atoms. The van der Waals surface area contributed by atoms with Crippen molar-refractivity contribution in [2.75, 3.05) is 0 Å². The zero-order valence-electron chi connectivity index (χ0n) is 10.5. The summed E-state index contributed by atoms with van der Waals surface area (Å²) in [7, 11) is 0. The number of hydrogen-bond donors (Lipinski definition) is 1. The van der Waals surface area contributed by atoms with Crippen LogP contribution >= 0.6 is 0 Å². The van der Waals surface area contributed by atoms with Crippen LogP contribution in [-0.4, -0.2) is 41.3 Å². The number of aromatic nitrogens is 6. The average molecular weight is 262 g/mol. The molecule has 0 aliphatic heterocycles. The monoisotopic (exact) mass is 262 g/mol. The number of nitrogens with zero attached hydrogens (tertiary/aromatic N) is 6. The molecule has 0 amide bonds. The maximum absolute atomic E-state index is 10.8. The fraction of sp³-hybridized carbons (Fsp3) is 0.455. The Bertz CT molecular complexity index is 541. The van der Waals surface area contributed by atoms with Gasteiger partial charge in [-0.1, -0.05) is 13.3 Å². The highest BCUT2D eigenvalue weighted by Gasteiger charge is 2.16. The van der Waals surface area contributed by atoms with Gasteiger partial charge in [0.05, 0.1) is 5.56 Å². The summed E-state index contributed by atoms with van der Waals surface area (Å²) < 4.78 is 1.59. The first-order valence-electron chi connectivity index (χ1n) is 5.94. The molecule has 0 aliphatic carbocycles. The van der Waals surface area contributed by atoms with Crippen LogP contribution in [0.15, 0.2) is 18.7 Å².